The minimum absolute atomic E-state index is 0.0646. The number of allylic oxidation sites excluding steroid dienone is 1. The van der Waals surface area contributed by atoms with E-state index in [2.05, 4.69) is 33.8 Å². The molecule has 0 aromatic rings. The first-order chi connectivity index (χ1) is 15.7. The normalized spacial score (nSPS) is 46.1. The van der Waals surface area contributed by atoms with Crippen molar-refractivity contribution < 1.29 is 19.7 Å². The van der Waals surface area contributed by atoms with Crippen molar-refractivity contribution in [2.24, 2.45) is 46.3 Å². The van der Waals surface area contributed by atoms with Crippen LogP contribution in [0.5, 0.6) is 0 Å². The SMILES string of the molecule is C[C@@H](CO)CCC1([C@@H](C)C2=CC[C@H]3[C@@H]4CC[C@H]5C[C@@H](O)CC[C@]5(C)[C@H]4CC[C@]23C)OCCO1. The molecular formula is C29H48O4. The van der Waals surface area contributed by atoms with E-state index in [1.54, 1.807) is 5.57 Å². The molecule has 4 fully saturated rings. The zero-order chi connectivity index (χ0) is 23.4. The lowest BCUT2D eigenvalue weighted by Gasteiger charge is -2.61. The summed E-state index contributed by atoms with van der Waals surface area (Å²) in [5.74, 6) is 3.12. The van der Waals surface area contributed by atoms with Gasteiger partial charge in [-0.05, 0) is 98.2 Å². The van der Waals surface area contributed by atoms with E-state index in [0.29, 0.717) is 18.6 Å². The topological polar surface area (TPSA) is 58.9 Å². The van der Waals surface area contributed by atoms with Crippen LogP contribution in [0, 0.1) is 46.3 Å². The fourth-order valence-corrected chi connectivity index (χ4v) is 9.36. The molecule has 1 heterocycles. The molecule has 5 aliphatic rings. The summed E-state index contributed by atoms with van der Waals surface area (Å²) in [4.78, 5) is 0. The first kappa shape index (κ1) is 24.3. The van der Waals surface area contributed by atoms with Crippen LogP contribution in [0.4, 0.5) is 0 Å². The molecule has 1 aliphatic heterocycles. The number of rotatable bonds is 6. The zero-order valence-electron chi connectivity index (χ0n) is 21.5. The minimum Gasteiger partial charge on any atom is -0.396 e. The van der Waals surface area contributed by atoms with Crippen molar-refractivity contribution in [1.29, 1.82) is 0 Å². The van der Waals surface area contributed by atoms with E-state index in [0.717, 1.165) is 49.4 Å². The average molecular weight is 461 g/mol. The number of aliphatic hydroxyl groups excluding tert-OH is 2. The van der Waals surface area contributed by atoms with Crippen molar-refractivity contribution in [2.45, 2.75) is 104 Å². The van der Waals surface area contributed by atoms with Gasteiger partial charge in [0.1, 0.15) is 0 Å². The van der Waals surface area contributed by atoms with Crippen LogP contribution in [0.25, 0.3) is 0 Å². The van der Waals surface area contributed by atoms with Gasteiger partial charge < -0.3 is 19.7 Å². The largest absolute Gasteiger partial charge is 0.396 e. The first-order valence-electron chi connectivity index (χ1n) is 14.0. The molecule has 188 valence electrons. The predicted molar refractivity (Wildman–Crippen MR) is 130 cm³/mol. The van der Waals surface area contributed by atoms with Crippen molar-refractivity contribution in [3.8, 4) is 0 Å². The van der Waals surface area contributed by atoms with E-state index in [1.807, 2.05) is 0 Å². The van der Waals surface area contributed by atoms with Gasteiger partial charge in [0.05, 0.1) is 19.3 Å². The highest BCUT2D eigenvalue weighted by Crippen LogP contribution is 2.67. The Balaban J connectivity index is 1.35. The van der Waals surface area contributed by atoms with Gasteiger partial charge in [-0.15, -0.1) is 0 Å². The Labute approximate surface area is 201 Å². The Morgan fingerprint density at radius 1 is 1.03 bits per heavy atom. The quantitative estimate of drug-likeness (QED) is 0.498. The maximum atomic E-state index is 10.3. The van der Waals surface area contributed by atoms with Gasteiger partial charge in [-0.3, -0.25) is 0 Å². The second-order valence-electron chi connectivity index (χ2n) is 13.0. The Hall–Kier alpha value is -0.420. The molecule has 1 saturated heterocycles. The van der Waals surface area contributed by atoms with Crippen LogP contribution in [0.2, 0.25) is 0 Å². The van der Waals surface area contributed by atoms with Gasteiger partial charge in [-0.1, -0.05) is 39.3 Å². The summed E-state index contributed by atoms with van der Waals surface area (Å²) >= 11 is 0. The minimum atomic E-state index is -0.521. The van der Waals surface area contributed by atoms with E-state index in [1.165, 1.54) is 38.5 Å². The molecule has 9 atom stereocenters. The molecule has 0 radical (unpaired) electrons. The third-order valence-corrected chi connectivity index (χ3v) is 11.5. The zero-order valence-corrected chi connectivity index (χ0v) is 21.5. The van der Waals surface area contributed by atoms with Gasteiger partial charge in [0, 0.05) is 18.9 Å². The molecule has 0 spiro atoms. The number of hydrogen-bond donors (Lipinski definition) is 2. The van der Waals surface area contributed by atoms with Crippen LogP contribution in [0.3, 0.4) is 0 Å². The van der Waals surface area contributed by atoms with E-state index < -0.39 is 5.79 Å². The Kier molecular flexibility index (Phi) is 6.55. The molecule has 0 amide bonds. The van der Waals surface area contributed by atoms with Gasteiger partial charge in [0.15, 0.2) is 5.79 Å². The average Bonchev–Trinajstić information content (AvgIpc) is 3.42. The summed E-state index contributed by atoms with van der Waals surface area (Å²) in [7, 11) is 0. The monoisotopic (exact) mass is 460 g/mol. The van der Waals surface area contributed by atoms with Crippen molar-refractivity contribution in [1.82, 2.24) is 0 Å². The standard InChI is InChI=1S/C29H48O4/c1-19(18-30)9-14-29(32-15-16-33-29)20(2)24-7-8-25-23-6-5-21-17-22(31)10-12-27(21,3)26(23)11-13-28(24,25)4/h7,19-23,25-26,30-31H,5-6,8-18H2,1-4H3/t19-,20+,21+,22+,23+,25+,26+,27+,28-/m1/s1. The summed E-state index contributed by atoms with van der Waals surface area (Å²) in [6.45, 7) is 11.2. The van der Waals surface area contributed by atoms with Crippen molar-refractivity contribution in [3.05, 3.63) is 11.6 Å². The molecule has 0 unspecified atom stereocenters. The Morgan fingerprint density at radius 3 is 2.52 bits per heavy atom. The van der Waals surface area contributed by atoms with Crippen LogP contribution < -0.4 is 0 Å². The van der Waals surface area contributed by atoms with Gasteiger partial charge in [0.2, 0.25) is 0 Å². The van der Waals surface area contributed by atoms with Crippen molar-refractivity contribution in [2.75, 3.05) is 19.8 Å². The molecule has 4 aliphatic carbocycles. The fourth-order valence-electron chi connectivity index (χ4n) is 9.36. The second-order valence-corrected chi connectivity index (χ2v) is 13.0. The highest BCUT2D eigenvalue weighted by atomic mass is 16.7. The summed E-state index contributed by atoms with van der Waals surface area (Å²) in [5, 5.41) is 19.9. The number of ether oxygens (including phenoxy) is 2. The van der Waals surface area contributed by atoms with E-state index >= 15 is 0 Å². The first-order valence-corrected chi connectivity index (χ1v) is 14.0. The smallest absolute Gasteiger partial charge is 0.174 e. The van der Waals surface area contributed by atoms with Gasteiger partial charge in [-0.25, -0.2) is 0 Å². The number of hydrogen-bond acceptors (Lipinski definition) is 4. The third-order valence-electron chi connectivity index (χ3n) is 11.5. The Bertz CT molecular complexity index is 742. The van der Waals surface area contributed by atoms with Gasteiger partial charge >= 0.3 is 0 Å². The summed E-state index contributed by atoms with van der Waals surface area (Å²) < 4.78 is 12.7. The van der Waals surface area contributed by atoms with E-state index in [4.69, 9.17) is 9.47 Å². The van der Waals surface area contributed by atoms with Gasteiger partial charge in [0.25, 0.3) is 0 Å². The molecule has 0 bridgehead atoms. The molecule has 0 aromatic carbocycles. The summed E-state index contributed by atoms with van der Waals surface area (Å²) in [6.07, 6.45) is 14.0. The summed E-state index contributed by atoms with van der Waals surface area (Å²) in [6, 6.07) is 0. The second kappa shape index (κ2) is 8.91. The third kappa shape index (κ3) is 3.86. The molecule has 4 nitrogen and oxygen atoms in total. The van der Waals surface area contributed by atoms with Crippen LogP contribution >= 0.6 is 0 Å². The lowest BCUT2D eigenvalue weighted by atomic mass is 9.44. The highest BCUT2D eigenvalue weighted by Gasteiger charge is 2.60. The molecule has 2 N–H and O–H groups in total. The van der Waals surface area contributed by atoms with Crippen LogP contribution in [0.1, 0.15) is 91.9 Å². The summed E-state index contributed by atoms with van der Waals surface area (Å²) in [5.41, 5.74) is 2.27. The van der Waals surface area contributed by atoms with Crippen LogP contribution in [-0.4, -0.2) is 41.9 Å². The lowest BCUT2D eigenvalue weighted by Crippen LogP contribution is -2.54. The van der Waals surface area contributed by atoms with Crippen molar-refractivity contribution >= 4 is 0 Å². The van der Waals surface area contributed by atoms with Crippen LogP contribution in [0.15, 0.2) is 11.6 Å². The highest BCUT2D eigenvalue weighted by molar-refractivity contribution is 5.29. The van der Waals surface area contributed by atoms with Gasteiger partial charge in [-0.2, -0.15) is 0 Å². The molecule has 4 heteroatoms. The molecule has 3 saturated carbocycles. The van der Waals surface area contributed by atoms with E-state index in [9.17, 15) is 10.2 Å². The molecule has 33 heavy (non-hydrogen) atoms. The number of aliphatic hydroxyl groups is 2. The number of fused-ring (bicyclic) bond motifs is 5. The molecular weight excluding hydrogens is 412 g/mol. The van der Waals surface area contributed by atoms with Crippen molar-refractivity contribution in [3.63, 3.8) is 0 Å². The van der Waals surface area contributed by atoms with E-state index in [-0.39, 0.29) is 30.0 Å². The van der Waals surface area contributed by atoms with Crippen LogP contribution in [-0.2, 0) is 9.47 Å². The molecule has 5 rings (SSSR count). The fraction of sp³-hybridized carbons (Fsp3) is 0.931. The molecule has 0 aromatic heterocycles. The maximum absolute atomic E-state index is 10.3. The lowest BCUT2D eigenvalue weighted by molar-refractivity contribution is -0.195. The Morgan fingerprint density at radius 2 is 1.79 bits per heavy atom. The predicted octanol–water partition coefficient (Wildman–Crippen LogP) is 5.71. The maximum Gasteiger partial charge on any atom is 0.174 e.